The smallest absolute Gasteiger partial charge is 0.321 e. The van der Waals surface area contributed by atoms with E-state index in [0.717, 1.165) is 47.9 Å². The van der Waals surface area contributed by atoms with E-state index in [2.05, 4.69) is 48.7 Å². The van der Waals surface area contributed by atoms with Crippen LogP contribution in [-0.4, -0.2) is 70.8 Å². The van der Waals surface area contributed by atoms with E-state index < -0.39 is 30.1 Å². The predicted octanol–water partition coefficient (Wildman–Crippen LogP) is 7.93. The molecule has 2 fully saturated rings. The molecule has 4 aromatic carbocycles. The van der Waals surface area contributed by atoms with Gasteiger partial charge in [0.05, 0.1) is 12.1 Å². The summed E-state index contributed by atoms with van der Waals surface area (Å²) in [6.07, 6.45) is 3.95. The third-order valence-electron chi connectivity index (χ3n) is 10.5. The molecule has 6 rings (SSSR count). The molecule has 4 aromatic rings. The van der Waals surface area contributed by atoms with Gasteiger partial charge in [-0.2, -0.15) is 0 Å². The lowest BCUT2D eigenvalue weighted by atomic mass is 9.90. The van der Waals surface area contributed by atoms with Crippen LogP contribution < -0.4 is 10.6 Å². The summed E-state index contributed by atoms with van der Waals surface area (Å²) in [7, 11) is 0. The van der Waals surface area contributed by atoms with E-state index in [0.29, 0.717) is 37.1 Å². The van der Waals surface area contributed by atoms with Gasteiger partial charge in [0.25, 0.3) is 11.8 Å². The summed E-state index contributed by atoms with van der Waals surface area (Å²) in [5.41, 5.74) is 4.96. The van der Waals surface area contributed by atoms with Gasteiger partial charge < -0.3 is 29.9 Å². The molecule has 55 heavy (non-hydrogen) atoms. The lowest BCUT2D eigenvalue weighted by Gasteiger charge is -2.37. The highest BCUT2D eigenvalue weighted by molar-refractivity contribution is 5.95. The number of amides is 4. The SMILES string of the molecule is CCCCNC(=O)c1cccc(CN2C(=O)N(Cc3cccc(C(=O)NCCCC)c3)[C@H](Cc3ccccc3)[C@@H]3OC(C)(C)O[C@H]3[C@H]2Cc2ccccc2)c1. The second-order valence-electron chi connectivity index (χ2n) is 15.2. The van der Waals surface area contributed by atoms with Gasteiger partial charge in [0.2, 0.25) is 0 Å². The van der Waals surface area contributed by atoms with Gasteiger partial charge in [-0.3, -0.25) is 9.59 Å². The van der Waals surface area contributed by atoms with Crippen molar-refractivity contribution in [2.75, 3.05) is 13.1 Å². The van der Waals surface area contributed by atoms with Crippen molar-refractivity contribution in [3.05, 3.63) is 143 Å². The Kier molecular flexibility index (Phi) is 13.4. The van der Waals surface area contributed by atoms with Gasteiger partial charge in [0, 0.05) is 37.3 Å². The van der Waals surface area contributed by atoms with Crippen LogP contribution in [0.1, 0.15) is 96.3 Å². The Morgan fingerprint density at radius 3 is 1.40 bits per heavy atom. The van der Waals surface area contributed by atoms with Crippen molar-refractivity contribution in [2.45, 2.75) is 109 Å². The average molecular weight is 745 g/mol. The summed E-state index contributed by atoms with van der Waals surface area (Å²) in [5, 5.41) is 6.05. The Morgan fingerprint density at radius 1 is 0.600 bits per heavy atom. The number of carbonyl (C=O) groups excluding carboxylic acids is 3. The fourth-order valence-electron chi connectivity index (χ4n) is 7.73. The second kappa shape index (κ2) is 18.6. The van der Waals surface area contributed by atoms with Crippen LogP contribution in [0.3, 0.4) is 0 Å². The Hall–Kier alpha value is -4.99. The third kappa shape index (κ3) is 10.2. The number of nitrogens with zero attached hydrogens (tertiary/aromatic N) is 2. The lowest BCUT2D eigenvalue weighted by Crippen LogP contribution is -2.51. The summed E-state index contributed by atoms with van der Waals surface area (Å²) >= 11 is 0. The van der Waals surface area contributed by atoms with Crippen LogP contribution in [0.5, 0.6) is 0 Å². The number of benzene rings is 4. The number of hydrogen-bond acceptors (Lipinski definition) is 5. The van der Waals surface area contributed by atoms with Gasteiger partial charge in [-0.05, 0) is 86.1 Å². The minimum atomic E-state index is -0.899. The van der Waals surface area contributed by atoms with Gasteiger partial charge in [-0.1, -0.05) is 112 Å². The molecule has 4 atom stereocenters. The van der Waals surface area contributed by atoms with Crippen molar-refractivity contribution in [3.8, 4) is 0 Å². The monoisotopic (exact) mass is 744 g/mol. The summed E-state index contributed by atoms with van der Waals surface area (Å²) in [5.74, 6) is -1.16. The Balaban J connectivity index is 1.43. The van der Waals surface area contributed by atoms with E-state index in [1.807, 2.05) is 109 Å². The Labute approximate surface area is 326 Å². The first kappa shape index (κ1) is 39.7. The standard InChI is InChI=1S/C46H56N4O5/c1-5-7-25-47-43(51)37-23-15-21-35(27-37)31-49-39(29-33-17-11-9-12-18-33)41-42(55-46(3,4)54-41)40(30-34-19-13-10-14-20-34)50(45(49)53)32-36-22-16-24-38(28-36)44(52)48-26-8-6-2/h9-24,27-28,39-42H,5-8,25-26,29-32H2,1-4H3,(H,47,51)(H,48,52)/t39-,40-,41+,42+/m1/s1. The molecule has 9 heteroatoms. The minimum absolute atomic E-state index is 0.129. The van der Waals surface area contributed by atoms with Crippen LogP contribution in [0.4, 0.5) is 4.79 Å². The first-order valence-electron chi connectivity index (χ1n) is 19.9. The molecule has 0 unspecified atom stereocenters. The zero-order valence-electron chi connectivity index (χ0n) is 32.7. The molecule has 2 aliphatic heterocycles. The fraction of sp³-hybridized carbons (Fsp3) is 0.413. The normalized spacial score (nSPS) is 20.5. The predicted molar refractivity (Wildman–Crippen MR) is 216 cm³/mol. The van der Waals surface area contributed by atoms with Gasteiger partial charge in [0.1, 0.15) is 12.2 Å². The second-order valence-corrected chi connectivity index (χ2v) is 15.2. The number of rotatable bonds is 16. The van der Waals surface area contributed by atoms with Gasteiger partial charge in [-0.25, -0.2) is 4.79 Å². The van der Waals surface area contributed by atoms with Crippen LogP contribution in [0.2, 0.25) is 0 Å². The van der Waals surface area contributed by atoms with Crippen molar-refractivity contribution < 1.29 is 23.9 Å². The average Bonchev–Trinajstić information content (AvgIpc) is 3.50. The van der Waals surface area contributed by atoms with Crippen molar-refractivity contribution in [1.29, 1.82) is 0 Å². The van der Waals surface area contributed by atoms with E-state index in [1.165, 1.54) is 0 Å². The number of carbonyl (C=O) groups is 3. The Morgan fingerprint density at radius 2 is 1.00 bits per heavy atom. The van der Waals surface area contributed by atoms with Crippen LogP contribution in [-0.2, 0) is 35.4 Å². The number of urea groups is 1. The van der Waals surface area contributed by atoms with Crippen LogP contribution in [0.15, 0.2) is 109 Å². The molecule has 0 aromatic heterocycles. The molecule has 9 nitrogen and oxygen atoms in total. The van der Waals surface area contributed by atoms with Gasteiger partial charge >= 0.3 is 6.03 Å². The highest BCUT2D eigenvalue weighted by Gasteiger charge is 2.55. The zero-order chi connectivity index (χ0) is 38.8. The van der Waals surface area contributed by atoms with E-state index in [4.69, 9.17) is 9.47 Å². The highest BCUT2D eigenvalue weighted by atomic mass is 16.8. The maximum atomic E-state index is 15.5. The largest absolute Gasteiger partial charge is 0.352 e. The number of nitrogens with one attached hydrogen (secondary N) is 2. The van der Waals surface area contributed by atoms with E-state index in [-0.39, 0.29) is 30.9 Å². The van der Waals surface area contributed by atoms with Gasteiger partial charge in [-0.15, -0.1) is 0 Å². The highest BCUT2D eigenvalue weighted by Crippen LogP contribution is 2.40. The maximum absolute atomic E-state index is 15.5. The molecule has 0 saturated carbocycles. The van der Waals surface area contributed by atoms with E-state index in [1.54, 1.807) is 0 Å². The van der Waals surface area contributed by atoms with E-state index >= 15 is 4.79 Å². The minimum Gasteiger partial charge on any atom is -0.352 e. The summed E-state index contributed by atoms with van der Waals surface area (Å²) < 4.78 is 13.7. The molecular weight excluding hydrogens is 689 g/mol. The molecule has 290 valence electrons. The van der Waals surface area contributed by atoms with Crippen LogP contribution in [0.25, 0.3) is 0 Å². The molecule has 0 radical (unpaired) electrons. The quantitative estimate of drug-likeness (QED) is 0.114. The van der Waals surface area contributed by atoms with E-state index in [9.17, 15) is 9.59 Å². The molecule has 2 N–H and O–H groups in total. The van der Waals surface area contributed by atoms with Crippen molar-refractivity contribution >= 4 is 17.8 Å². The summed E-state index contributed by atoms with van der Waals surface area (Å²) in [6.45, 7) is 9.81. The molecule has 0 spiro atoms. The molecule has 0 aliphatic carbocycles. The fourth-order valence-corrected chi connectivity index (χ4v) is 7.73. The number of unbranched alkanes of at least 4 members (excludes halogenated alkanes) is 2. The molecule has 2 saturated heterocycles. The maximum Gasteiger partial charge on any atom is 0.321 e. The molecular formula is C46H56N4O5. The number of hydrogen-bond donors (Lipinski definition) is 2. The first-order valence-corrected chi connectivity index (χ1v) is 19.9. The number of ether oxygens (including phenoxy) is 2. The van der Waals surface area contributed by atoms with Crippen LogP contribution in [0, 0.1) is 0 Å². The zero-order valence-corrected chi connectivity index (χ0v) is 32.7. The molecule has 2 heterocycles. The summed E-state index contributed by atoms with van der Waals surface area (Å²) in [4.78, 5) is 45.7. The topological polar surface area (TPSA) is 100 Å². The summed E-state index contributed by atoms with van der Waals surface area (Å²) in [6, 6.07) is 34.5. The lowest BCUT2D eigenvalue weighted by molar-refractivity contribution is -0.157. The molecule has 2 aliphatic rings. The van der Waals surface area contributed by atoms with Gasteiger partial charge in [0.15, 0.2) is 5.79 Å². The first-order chi connectivity index (χ1) is 26.7. The molecule has 4 amide bonds. The Bertz CT molecular complexity index is 1750. The van der Waals surface area contributed by atoms with Crippen molar-refractivity contribution in [2.24, 2.45) is 0 Å². The number of fused-ring (bicyclic) bond motifs is 1. The third-order valence-corrected chi connectivity index (χ3v) is 10.5. The van der Waals surface area contributed by atoms with Crippen molar-refractivity contribution in [3.63, 3.8) is 0 Å². The van der Waals surface area contributed by atoms with Crippen LogP contribution >= 0.6 is 0 Å². The van der Waals surface area contributed by atoms with Crippen molar-refractivity contribution in [1.82, 2.24) is 20.4 Å². The molecule has 0 bridgehead atoms.